The number of benzene rings is 1. The Morgan fingerprint density at radius 1 is 0.767 bits per heavy atom. The van der Waals surface area contributed by atoms with E-state index in [4.69, 9.17) is 4.55 Å². The largest absolute Gasteiger partial charge is 0.439 e. The van der Waals surface area contributed by atoms with Crippen molar-refractivity contribution in [3.8, 4) is 11.5 Å². The van der Waals surface area contributed by atoms with Crippen molar-refractivity contribution in [2.24, 2.45) is 0 Å². The van der Waals surface area contributed by atoms with E-state index in [0.29, 0.717) is 0 Å². The highest BCUT2D eigenvalue weighted by Crippen LogP contribution is 2.41. The lowest BCUT2D eigenvalue weighted by atomic mass is 10.3. The van der Waals surface area contributed by atoms with Crippen molar-refractivity contribution in [3.63, 3.8) is 0 Å². The Morgan fingerprint density at radius 2 is 1.17 bits per heavy atom. The maximum Gasteiger partial charge on any atom is 0.439 e. The summed E-state index contributed by atoms with van der Waals surface area (Å²) in [6, 6.07) is -0.604. The van der Waals surface area contributed by atoms with Crippen molar-refractivity contribution in [2.45, 2.75) is 41.8 Å². The number of alkyl halides is 12. The number of rotatable bonds is 7. The van der Waals surface area contributed by atoms with Crippen molar-refractivity contribution >= 4 is 10.1 Å². The van der Waals surface area contributed by atoms with E-state index < -0.39 is 69.5 Å². The Morgan fingerprint density at radius 3 is 1.53 bits per heavy atom. The molecule has 18 heteroatoms. The van der Waals surface area contributed by atoms with Gasteiger partial charge in [0.15, 0.2) is 5.75 Å². The molecule has 0 radical (unpaired) electrons. The normalized spacial score (nSPS) is 16.2. The van der Waals surface area contributed by atoms with Crippen LogP contribution >= 0.6 is 0 Å². The first-order chi connectivity index (χ1) is 13.1. The Bertz CT molecular complexity index is 863. The Labute approximate surface area is 157 Å². The van der Waals surface area contributed by atoms with Gasteiger partial charge < -0.3 is 9.47 Å². The summed E-state index contributed by atoms with van der Waals surface area (Å²) >= 11 is 0. The van der Waals surface area contributed by atoms with Gasteiger partial charge in [0, 0.05) is 6.07 Å². The second kappa shape index (κ2) is 7.86. The van der Waals surface area contributed by atoms with Crippen LogP contribution in [0.5, 0.6) is 11.5 Å². The predicted octanol–water partition coefficient (Wildman–Crippen LogP) is 4.68. The van der Waals surface area contributed by atoms with Gasteiger partial charge in [0.05, 0.1) is 0 Å². The maximum atomic E-state index is 13.3. The van der Waals surface area contributed by atoms with Crippen LogP contribution in [0.15, 0.2) is 23.1 Å². The van der Waals surface area contributed by atoms with Gasteiger partial charge in [-0.3, -0.25) is 4.55 Å². The summed E-state index contributed by atoms with van der Waals surface area (Å²) in [7, 11) is -5.63. The SMILES string of the molecule is O=S(=O)(O)c1ccc(OC(F)(F)C(F)C(F)(F)F)cc1OC(F)(F)C(F)C(F)(F)F. The number of hydrogen-bond donors (Lipinski definition) is 1. The average molecular weight is 490 g/mol. The summed E-state index contributed by atoms with van der Waals surface area (Å²) in [6.45, 7) is 0. The van der Waals surface area contributed by atoms with E-state index in [2.05, 4.69) is 9.47 Å². The minimum Gasteiger partial charge on any atom is -0.430 e. The van der Waals surface area contributed by atoms with Gasteiger partial charge in [-0.25, -0.2) is 8.78 Å². The van der Waals surface area contributed by atoms with E-state index >= 15 is 0 Å². The molecule has 0 amide bonds. The highest BCUT2D eigenvalue weighted by atomic mass is 32.2. The molecule has 2 atom stereocenters. The van der Waals surface area contributed by atoms with E-state index in [-0.39, 0.29) is 12.1 Å². The van der Waals surface area contributed by atoms with Crippen LogP contribution < -0.4 is 9.47 Å². The second-order valence-electron chi connectivity index (χ2n) is 5.22. The van der Waals surface area contributed by atoms with Crippen LogP contribution in [0.4, 0.5) is 52.7 Å². The molecule has 0 aliphatic heterocycles. The summed E-state index contributed by atoms with van der Waals surface area (Å²) in [5.41, 5.74) is 0. The molecule has 30 heavy (non-hydrogen) atoms. The van der Waals surface area contributed by atoms with E-state index in [1.54, 1.807) is 0 Å². The fourth-order valence-corrected chi connectivity index (χ4v) is 2.23. The summed E-state index contributed by atoms with van der Waals surface area (Å²) < 4.78 is 189. The zero-order chi connectivity index (χ0) is 23.9. The van der Waals surface area contributed by atoms with Crippen molar-refractivity contribution in [2.75, 3.05) is 0 Å². The zero-order valence-corrected chi connectivity index (χ0v) is 14.2. The van der Waals surface area contributed by atoms with E-state index in [9.17, 15) is 61.1 Å². The van der Waals surface area contributed by atoms with E-state index in [1.165, 1.54) is 0 Å². The quantitative estimate of drug-likeness (QED) is 0.444. The van der Waals surface area contributed by atoms with Gasteiger partial charge in [-0.2, -0.15) is 52.3 Å². The summed E-state index contributed by atoms with van der Waals surface area (Å²) in [5, 5.41) is 0. The van der Waals surface area contributed by atoms with Crippen LogP contribution in [0.3, 0.4) is 0 Å². The summed E-state index contributed by atoms with van der Waals surface area (Å²) in [4.78, 5) is -1.83. The van der Waals surface area contributed by atoms with Crippen LogP contribution in [0.1, 0.15) is 0 Å². The van der Waals surface area contributed by atoms with Gasteiger partial charge in [-0.05, 0) is 12.1 Å². The molecular weight excluding hydrogens is 484 g/mol. The van der Waals surface area contributed by atoms with Gasteiger partial charge in [0.25, 0.3) is 22.5 Å². The van der Waals surface area contributed by atoms with Crippen LogP contribution in [-0.2, 0) is 10.1 Å². The number of hydrogen-bond acceptors (Lipinski definition) is 4. The molecule has 1 N–H and O–H groups in total. The Balaban J connectivity index is 3.42. The first-order valence-electron chi connectivity index (χ1n) is 6.76. The molecule has 0 spiro atoms. The van der Waals surface area contributed by atoms with Crippen molar-refractivity contribution < 1.29 is 75.1 Å². The molecule has 1 rings (SSSR count). The molecule has 0 aromatic heterocycles. The zero-order valence-electron chi connectivity index (χ0n) is 13.4. The fourth-order valence-electron chi connectivity index (χ4n) is 1.63. The molecule has 2 unspecified atom stereocenters. The van der Waals surface area contributed by atoms with Crippen LogP contribution in [-0.4, -0.2) is 49.9 Å². The van der Waals surface area contributed by atoms with Crippen LogP contribution in [0.25, 0.3) is 0 Å². The molecule has 0 heterocycles. The predicted molar refractivity (Wildman–Crippen MR) is 69.3 cm³/mol. The van der Waals surface area contributed by atoms with Crippen LogP contribution in [0.2, 0.25) is 0 Å². The van der Waals surface area contributed by atoms with Gasteiger partial charge in [-0.15, -0.1) is 0 Å². The fraction of sp³-hybridized carbons (Fsp3) is 0.500. The molecule has 0 saturated carbocycles. The molecule has 0 aliphatic carbocycles. The Kier molecular flexibility index (Phi) is 6.79. The standard InChI is InChI=1S/C12H6F12O5S/c13-7(9(15,16)17)11(21,22)28-4-1-2-6(30(25,26)27)5(3-4)29-12(23,24)8(14)10(18,19)20/h1-3,7-8H,(H,25,26,27). The number of halogens is 12. The molecule has 0 bridgehead atoms. The molecule has 1 aromatic rings. The third-order valence-electron chi connectivity index (χ3n) is 2.86. The van der Waals surface area contributed by atoms with E-state index in [1.807, 2.05) is 0 Å². The third-order valence-corrected chi connectivity index (χ3v) is 3.75. The summed E-state index contributed by atoms with van der Waals surface area (Å²) in [6.07, 6.45) is -34.2. The minimum atomic E-state index is -6.27. The maximum absolute atomic E-state index is 13.3. The van der Waals surface area contributed by atoms with E-state index in [0.717, 1.165) is 0 Å². The van der Waals surface area contributed by atoms with Crippen LogP contribution in [0, 0.1) is 0 Å². The average Bonchev–Trinajstić information content (AvgIpc) is 2.49. The molecule has 1 aromatic carbocycles. The highest BCUT2D eigenvalue weighted by molar-refractivity contribution is 7.86. The van der Waals surface area contributed by atoms with Gasteiger partial charge in [-0.1, -0.05) is 0 Å². The summed E-state index contributed by atoms with van der Waals surface area (Å²) in [5.74, 6) is -3.86. The topological polar surface area (TPSA) is 72.8 Å². The molecule has 0 saturated heterocycles. The smallest absolute Gasteiger partial charge is 0.430 e. The lowest BCUT2D eigenvalue weighted by Gasteiger charge is -2.25. The molecule has 0 aliphatic rings. The minimum absolute atomic E-state index is 0.0121. The lowest BCUT2D eigenvalue weighted by molar-refractivity contribution is -0.305. The first kappa shape index (κ1) is 25.9. The van der Waals surface area contributed by atoms with Gasteiger partial charge in [0.2, 0.25) is 0 Å². The molecule has 0 fully saturated rings. The van der Waals surface area contributed by atoms with Gasteiger partial charge in [0.1, 0.15) is 10.6 Å². The number of ether oxygens (including phenoxy) is 2. The van der Waals surface area contributed by atoms with Crippen molar-refractivity contribution in [1.82, 2.24) is 0 Å². The van der Waals surface area contributed by atoms with Crippen molar-refractivity contribution in [1.29, 1.82) is 0 Å². The third kappa shape index (κ3) is 6.19. The molecule has 174 valence electrons. The monoisotopic (exact) mass is 490 g/mol. The Hall–Kier alpha value is -2.11. The van der Waals surface area contributed by atoms with Gasteiger partial charge >= 0.3 is 24.6 Å². The van der Waals surface area contributed by atoms with Crippen molar-refractivity contribution in [3.05, 3.63) is 18.2 Å². The lowest BCUT2D eigenvalue weighted by Crippen LogP contribution is -2.46. The molecular formula is C12H6F12O5S. The highest BCUT2D eigenvalue weighted by Gasteiger charge is 2.60. The molecule has 5 nitrogen and oxygen atoms in total. The first-order valence-corrected chi connectivity index (χ1v) is 8.20. The second-order valence-corrected chi connectivity index (χ2v) is 6.61.